The third-order valence-corrected chi connectivity index (χ3v) is 3.24. The van der Waals surface area contributed by atoms with Crippen molar-refractivity contribution < 1.29 is 14.3 Å². The van der Waals surface area contributed by atoms with Crippen LogP contribution in [0.4, 0.5) is 10.2 Å². The quantitative estimate of drug-likeness (QED) is 0.801. The number of allylic oxidation sites excluding steroid dienone is 1. The Balaban J connectivity index is 1.94. The predicted octanol–water partition coefficient (Wildman–Crippen LogP) is 3.22. The van der Waals surface area contributed by atoms with Gasteiger partial charge in [-0.15, -0.1) is 0 Å². The topological polar surface area (TPSA) is 62.2 Å². The summed E-state index contributed by atoms with van der Waals surface area (Å²) in [5.74, 6) is -2.07. The first-order chi connectivity index (χ1) is 9.18. The maximum Gasteiger partial charge on any atom is 0.338 e. The van der Waals surface area contributed by atoms with E-state index in [4.69, 9.17) is 5.11 Å². The van der Waals surface area contributed by atoms with Crippen molar-refractivity contribution in [1.82, 2.24) is 4.98 Å². The zero-order valence-corrected chi connectivity index (χ0v) is 10.7. The van der Waals surface area contributed by atoms with Crippen molar-refractivity contribution in [3.63, 3.8) is 0 Å². The molecule has 0 saturated heterocycles. The van der Waals surface area contributed by atoms with Crippen molar-refractivity contribution in [2.24, 2.45) is 0 Å². The van der Waals surface area contributed by atoms with E-state index in [2.05, 4.69) is 16.4 Å². The van der Waals surface area contributed by atoms with Crippen molar-refractivity contribution >= 4 is 11.8 Å². The minimum absolute atomic E-state index is 0.0105. The van der Waals surface area contributed by atoms with Crippen LogP contribution in [-0.2, 0) is 0 Å². The van der Waals surface area contributed by atoms with E-state index in [1.54, 1.807) is 0 Å². The van der Waals surface area contributed by atoms with Crippen molar-refractivity contribution in [2.75, 3.05) is 11.9 Å². The first-order valence-electron chi connectivity index (χ1n) is 6.48. The zero-order chi connectivity index (χ0) is 13.7. The van der Waals surface area contributed by atoms with Gasteiger partial charge in [0, 0.05) is 12.7 Å². The van der Waals surface area contributed by atoms with Crippen molar-refractivity contribution in [3.05, 3.63) is 35.3 Å². The third-order valence-electron chi connectivity index (χ3n) is 3.24. The SMILES string of the molecule is O=C(O)c1ccnc(NCCC2=CCCCC2)c1F. The molecule has 1 aromatic heterocycles. The zero-order valence-electron chi connectivity index (χ0n) is 10.7. The molecule has 1 heterocycles. The Morgan fingerprint density at radius 1 is 1.47 bits per heavy atom. The number of nitrogens with one attached hydrogen (secondary N) is 1. The standard InChI is InChI=1S/C14H17FN2O2/c15-12-11(14(18)19)7-9-17-13(12)16-8-6-10-4-2-1-3-5-10/h4,7,9H,1-3,5-6,8H2,(H,16,17)(H,18,19). The van der Waals surface area contributed by atoms with Gasteiger partial charge in [0.05, 0.1) is 0 Å². The predicted molar refractivity (Wildman–Crippen MR) is 70.8 cm³/mol. The number of hydrogen-bond acceptors (Lipinski definition) is 3. The maximum atomic E-state index is 13.8. The van der Waals surface area contributed by atoms with Crippen LogP contribution in [0.15, 0.2) is 23.9 Å². The Bertz CT molecular complexity index is 500. The molecule has 0 atom stereocenters. The molecule has 4 nitrogen and oxygen atoms in total. The van der Waals surface area contributed by atoms with Crippen molar-refractivity contribution in [3.8, 4) is 0 Å². The highest BCUT2D eigenvalue weighted by Gasteiger charge is 2.14. The van der Waals surface area contributed by atoms with Gasteiger partial charge in [-0.1, -0.05) is 11.6 Å². The van der Waals surface area contributed by atoms with E-state index in [-0.39, 0.29) is 11.4 Å². The molecule has 0 aromatic carbocycles. The lowest BCUT2D eigenvalue weighted by Crippen LogP contribution is -2.10. The van der Waals surface area contributed by atoms with E-state index < -0.39 is 11.8 Å². The van der Waals surface area contributed by atoms with E-state index in [0.29, 0.717) is 6.54 Å². The van der Waals surface area contributed by atoms with Crippen LogP contribution < -0.4 is 5.32 Å². The van der Waals surface area contributed by atoms with Crippen molar-refractivity contribution in [2.45, 2.75) is 32.1 Å². The van der Waals surface area contributed by atoms with Gasteiger partial charge >= 0.3 is 5.97 Å². The van der Waals surface area contributed by atoms with Gasteiger partial charge in [-0.2, -0.15) is 0 Å². The van der Waals surface area contributed by atoms with Gasteiger partial charge in [0.1, 0.15) is 5.56 Å². The molecule has 1 aromatic rings. The number of anilines is 1. The Hall–Kier alpha value is -1.91. The Labute approximate surface area is 111 Å². The Kier molecular flexibility index (Phi) is 4.49. The summed E-state index contributed by atoms with van der Waals surface area (Å²) in [6, 6.07) is 1.16. The van der Waals surface area contributed by atoms with Gasteiger partial charge in [-0.3, -0.25) is 0 Å². The van der Waals surface area contributed by atoms with E-state index in [0.717, 1.165) is 25.3 Å². The fourth-order valence-electron chi connectivity index (χ4n) is 2.21. The smallest absolute Gasteiger partial charge is 0.338 e. The highest BCUT2D eigenvalue weighted by atomic mass is 19.1. The second-order valence-corrected chi connectivity index (χ2v) is 4.61. The third kappa shape index (κ3) is 3.53. The molecule has 0 saturated carbocycles. The lowest BCUT2D eigenvalue weighted by molar-refractivity contribution is 0.0692. The van der Waals surface area contributed by atoms with E-state index >= 15 is 0 Å². The van der Waals surface area contributed by atoms with Gasteiger partial charge in [-0.25, -0.2) is 14.2 Å². The minimum Gasteiger partial charge on any atom is -0.478 e. The van der Waals surface area contributed by atoms with Crippen LogP contribution in [0.5, 0.6) is 0 Å². The number of carboxylic acid groups (broad SMARTS) is 1. The first-order valence-corrected chi connectivity index (χ1v) is 6.48. The van der Waals surface area contributed by atoms with Crippen LogP contribution in [-0.4, -0.2) is 22.6 Å². The number of carboxylic acids is 1. The highest BCUT2D eigenvalue weighted by molar-refractivity contribution is 5.88. The van der Waals surface area contributed by atoms with Crippen molar-refractivity contribution in [1.29, 1.82) is 0 Å². The summed E-state index contributed by atoms with van der Waals surface area (Å²) >= 11 is 0. The fourth-order valence-corrected chi connectivity index (χ4v) is 2.21. The molecule has 0 amide bonds. The molecule has 0 aliphatic heterocycles. The highest BCUT2D eigenvalue weighted by Crippen LogP contribution is 2.20. The van der Waals surface area contributed by atoms with Crippen LogP contribution in [0, 0.1) is 5.82 Å². The molecule has 5 heteroatoms. The molecule has 1 aliphatic carbocycles. The largest absolute Gasteiger partial charge is 0.478 e. The van der Waals surface area contributed by atoms with Gasteiger partial charge < -0.3 is 10.4 Å². The second-order valence-electron chi connectivity index (χ2n) is 4.61. The summed E-state index contributed by atoms with van der Waals surface area (Å²) in [6.07, 6.45) is 9.07. The molecular weight excluding hydrogens is 247 g/mol. The molecule has 102 valence electrons. The molecule has 0 unspecified atom stereocenters. The monoisotopic (exact) mass is 264 g/mol. The number of pyridine rings is 1. The van der Waals surface area contributed by atoms with Crippen LogP contribution in [0.2, 0.25) is 0 Å². The molecule has 0 spiro atoms. The molecule has 2 rings (SSSR count). The van der Waals surface area contributed by atoms with Gasteiger partial charge in [0.15, 0.2) is 11.6 Å². The molecule has 0 bridgehead atoms. The van der Waals surface area contributed by atoms with Gasteiger partial charge in [0.2, 0.25) is 0 Å². The number of carbonyl (C=O) groups is 1. The van der Waals surface area contributed by atoms with Crippen LogP contribution in [0.1, 0.15) is 42.5 Å². The van der Waals surface area contributed by atoms with Crippen LogP contribution in [0.3, 0.4) is 0 Å². The second kappa shape index (κ2) is 6.31. The van der Waals surface area contributed by atoms with E-state index in [1.165, 1.54) is 24.6 Å². The normalized spacial score (nSPS) is 14.9. The number of rotatable bonds is 5. The maximum absolute atomic E-state index is 13.8. The Morgan fingerprint density at radius 3 is 3.00 bits per heavy atom. The number of hydrogen-bond donors (Lipinski definition) is 2. The average Bonchev–Trinajstić information content (AvgIpc) is 2.41. The lowest BCUT2D eigenvalue weighted by atomic mass is 9.97. The average molecular weight is 264 g/mol. The summed E-state index contributed by atoms with van der Waals surface area (Å²) in [7, 11) is 0. The lowest BCUT2D eigenvalue weighted by Gasteiger charge is -2.13. The molecule has 0 fully saturated rings. The number of aromatic nitrogens is 1. The van der Waals surface area contributed by atoms with Gasteiger partial charge in [-0.05, 0) is 38.2 Å². The summed E-state index contributed by atoms with van der Waals surface area (Å²) in [4.78, 5) is 14.6. The molecule has 19 heavy (non-hydrogen) atoms. The van der Waals surface area contributed by atoms with Crippen LogP contribution in [0.25, 0.3) is 0 Å². The number of nitrogens with zero attached hydrogens (tertiary/aromatic N) is 1. The molecule has 0 radical (unpaired) electrons. The first kappa shape index (κ1) is 13.5. The summed E-state index contributed by atoms with van der Waals surface area (Å²) in [5.41, 5.74) is 1.03. The number of halogens is 1. The molecular formula is C14H17FN2O2. The van der Waals surface area contributed by atoms with E-state index in [1.807, 2.05) is 0 Å². The minimum atomic E-state index is -1.28. The Morgan fingerprint density at radius 2 is 2.32 bits per heavy atom. The summed E-state index contributed by atoms with van der Waals surface area (Å²) in [6.45, 7) is 0.568. The number of aromatic carboxylic acids is 1. The summed E-state index contributed by atoms with van der Waals surface area (Å²) < 4.78 is 13.8. The van der Waals surface area contributed by atoms with Gasteiger partial charge in [0.25, 0.3) is 0 Å². The summed E-state index contributed by atoms with van der Waals surface area (Å²) in [5, 5.41) is 11.7. The van der Waals surface area contributed by atoms with Crippen LogP contribution >= 0.6 is 0 Å². The molecule has 2 N–H and O–H groups in total. The fraction of sp³-hybridized carbons (Fsp3) is 0.429. The van der Waals surface area contributed by atoms with E-state index in [9.17, 15) is 9.18 Å². The molecule has 1 aliphatic rings.